The number of ketones is 1. The minimum atomic E-state index is -0.571. The third-order valence-electron chi connectivity index (χ3n) is 4.43. The summed E-state index contributed by atoms with van der Waals surface area (Å²) in [5.74, 6) is -0.0537. The zero-order valence-corrected chi connectivity index (χ0v) is 16.7. The standard InChI is InChI=1S/C20H21ClN4O3/c1-5-9-24-18(27)16-17(22-12-23(16)11-15(26)20(2,3)4)25(19(24)28)14-8-6-7-13(21)10-14/h5-8,10,12H,1,9,11H2,2-4H3. The van der Waals surface area contributed by atoms with Gasteiger partial charge in [0.05, 0.1) is 18.6 Å². The van der Waals surface area contributed by atoms with E-state index in [1.807, 2.05) is 20.8 Å². The molecule has 0 saturated heterocycles. The lowest BCUT2D eigenvalue weighted by molar-refractivity contribution is -0.126. The molecule has 0 spiro atoms. The van der Waals surface area contributed by atoms with Crippen LogP contribution in [0.2, 0.25) is 5.02 Å². The van der Waals surface area contributed by atoms with Gasteiger partial charge < -0.3 is 4.57 Å². The summed E-state index contributed by atoms with van der Waals surface area (Å²) in [6, 6.07) is 6.71. The minimum Gasteiger partial charge on any atom is -0.317 e. The third kappa shape index (κ3) is 3.45. The van der Waals surface area contributed by atoms with Crippen LogP contribution in [-0.2, 0) is 17.9 Å². The van der Waals surface area contributed by atoms with Crippen molar-refractivity contribution in [3.63, 3.8) is 0 Å². The van der Waals surface area contributed by atoms with E-state index in [1.165, 1.54) is 21.5 Å². The molecule has 0 radical (unpaired) electrons. The van der Waals surface area contributed by atoms with Gasteiger partial charge >= 0.3 is 5.69 Å². The van der Waals surface area contributed by atoms with Crippen LogP contribution < -0.4 is 11.2 Å². The summed E-state index contributed by atoms with van der Waals surface area (Å²) in [5.41, 5.74) is -0.798. The first kappa shape index (κ1) is 19.8. The van der Waals surface area contributed by atoms with Crippen molar-refractivity contribution in [3.05, 3.63) is 69.1 Å². The van der Waals surface area contributed by atoms with Crippen LogP contribution in [0.4, 0.5) is 0 Å². The van der Waals surface area contributed by atoms with Gasteiger partial charge in [-0.25, -0.2) is 14.3 Å². The van der Waals surface area contributed by atoms with Crippen molar-refractivity contribution < 1.29 is 4.79 Å². The van der Waals surface area contributed by atoms with E-state index in [9.17, 15) is 14.4 Å². The molecule has 146 valence electrons. The van der Waals surface area contributed by atoms with Gasteiger partial charge in [-0.2, -0.15) is 0 Å². The number of halogens is 1. The quantitative estimate of drug-likeness (QED) is 0.617. The fraction of sp³-hybridized carbons (Fsp3) is 0.300. The maximum Gasteiger partial charge on any atom is 0.337 e. The van der Waals surface area contributed by atoms with Crippen LogP contribution in [0.3, 0.4) is 0 Å². The number of imidazole rings is 1. The zero-order chi connectivity index (χ0) is 20.6. The lowest BCUT2D eigenvalue weighted by Crippen LogP contribution is -2.40. The predicted molar refractivity (Wildman–Crippen MR) is 109 cm³/mol. The number of benzene rings is 1. The molecular formula is C20H21ClN4O3. The summed E-state index contributed by atoms with van der Waals surface area (Å²) >= 11 is 6.08. The Balaban J connectivity index is 2.35. The molecule has 0 unspecified atom stereocenters. The highest BCUT2D eigenvalue weighted by molar-refractivity contribution is 6.30. The summed E-state index contributed by atoms with van der Waals surface area (Å²) < 4.78 is 3.88. The van der Waals surface area contributed by atoms with E-state index in [0.29, 0.717) is 10.7 Å². The van der Waals surface area contributed by atoms with Crippen molar-refractivity contribution in [1.82, 2.24) is 18.7 Å². The molecule has 2 aromatic heterocycles. The fourth-order valence-electron chi connectivity index (χ4n) is 2.83. The number of rotatable bonds is 5. The van der Waals surface area contributed by atoms with Crippen molar-refractivity contribution in [1.29, 1.82) is 0 Å². The highest BCUT2D eigenvalue weighted by atomic mass is 35.5. The summed E-state index contributed by atoms with van der Waals surface area (Å²) in [7, 11) is 0. The highest BCUT2D eigenvalue weighted by Crippen LogP contribution is 2.19. The summed E-state index contributed by atoms with van der Waals surface area (Å²) in [5, 5.41) is 0.446. The van der Waals surface area contributed by atoms with Gasteiger partial charge in [-0.1, -0.05) is 44.5 Å². The molecular weight excluding hydrogens is 380 g/mol. The maximum atomic E-state index is 13.0. The Morgan fingerprint density at radius 1 is 1.29 bits per heavy atom. The highest BCUT2D eigenvalue weighted by Gasteiger charge is 2.24. The van der Waals surface area contributed by atoms with Crippen molar-refractivity contribution in [2.24, 2.45) is 5.41 Å². The Labute approximate surface area is 166 Å². The monoisotopic (exact) mass is 400 g/mol. The average molecular weight is 401 g/mol. The summed E-state index contributed by atoms with van der Waals surface area (Å²) in [6.45, 7) is 9.07. The second-order valence-corrected chi connectivity index (χ2v) is 7.96. The SMILES string of the molecule is C=CCn1c(=O)c2c(ncn2CC(=O)C(C)(C)C)n(-c2cccc(Cl)c2)c1=O. The van der Waals surface area contributed by atoms with Gasteiger partial charge in [0.1, 0.15) is 0 Å². The van der Waals surface area contributed by atoms with Crippen molar-refractivity contribution in [3.8, 4) is 5.69 Å². The van der Waals surface area contributed by atoms with Gasteiger partial charge in [0.25, 0.3) is 5.56 Å². The lowest BCUT2D eigenvalue weighted by atomic mass is 9.91. The van der Waals surface area contributed by atoms with Crippen LogP contribution in [0.1, 0.15) is 20.8 Å². The number of Topliss-reactive ketones (excluding diaryl/α,β-unsaturated/α-hetero) is 1. The first-order valence-corrected chi connectivity index (χ1v) is 9.13. The third-order valence-corrected chi connectivity index (χ3v) is 4.66. The van der Waals surface area contributed by atoms with E-state index in [0.717, 1.165) is 4.57 Å². The Bertz CT molecular complexity index is 1190. The van der Waals surface area contributed by atoms with Crippen LogP contribution in [-0.4, -0.2) is 24.5 Å². The Morgan fingerprint density at radius 2 is 2.00 bits per heavy atom. The Hall–Kier alpha value is -2.93. The van der Waals surface area contributed by atoms with Crippen molar-refractivity contribution in [2.45, 2.75) is 33.9 Å². The fourth-order valence-corrected chi connectivity index (χ4v) is 3.01. The molecule has 0 aliphatic rings. The number of hydrogen-bond acceptors (Lipinski definition) is 4. The predicted octanol–water partition coefficient (Wildman–Crippen LogP) is 2.80. The first-order chi connectivity index (χ1) is 13.1. The summed E-state index contributed by atoms with van der Waals surface area (Å²) in [6.07, 6.45) is 2.88. The first-order valence-electron chi connectivity index (χ1n) is 8.76. The van der Waals surface area contributed by atoms with Gasteiger partial charge in [-0.05, 0) is 18.2 Å². The molecule has 0 atom stereocenters. The summed E-state index contributed by atoms with van der Waals surface area (Å²) in [4.78, 5) is 42.8. The molecule has 1 aromatic carbocycles. The molecule has 2 heterocycles. The van der Waals surface area contributed by atoms with Gasteiger partial charge in [0.15, 0.2) is 16.9 Å². The molecule has 8 heteroatoms. The molecule has 0 aliphatic carbocycles. The van der Waals surface area contributed by atoms with Crippen LogP contribution in [0.15, 0.2) is 52.8 Å². The molecule has 7 nitrogen and oxygen atoms in total. The van der Waals surface area contributed by atoms with Gasteiger partial charge in [0, 0.05) is 17.0 Å². The average Bonchev–Trinajstić information content (AvgIpc) is 3.01. The second kappa shape index (κ2) is 7.24. The number of fused-ring (bicyclic) bond motifs is 1. The molecule has 0 amide bonds. The molecule has 3 aromatic rings. The van der Waals surface area contributed by atoms with E-state index in [4.69, 9.17) is 11.6 Å². The Morgan fingerprint density at radius 3 is 2.61 bits per heavy atom. The normalized spacial score (nSPS) is 11.7. The smallest absolute Gasteiger partial charge is 0.317 e. The van der Waals surface area contributed by atoms with Gasteiger partial charge in [-0.3, -0.25) is 14.2 Å². The van der Waals surface area contributed by atoms with Crippen LogP contribution >= 0.6 is 11.6 Å². The molecule has 0 fully saturated rings. The molecule has 28 heavy (non-hydrogen) atoms. The number of carbonyl (C=O) groups is 1. The molecule has 0 aliphatic heterocycles. The minimum absolute atomic E-state index is 0.0168. The van der Waals surface area contributed by atoms with Gasteiger partial charge in [0.2, 0.25) is 0 Å². The van der Waals surface area contributed by atoms with Crippen LogP contribution in [0.5, 0.6) is 0 Å². The van der Waals surface area contributed by atoms with E-state index < -0.39 is 16.7 Å². The van der Waals surface area contributed by atoms with E-state index >= 15 is 0 Å². The van der Waals surface area contributed by atoms with E-state index in [-0.39, 0.29) is 30.0 Å². The van der Waals surface area contributed by atoms with Gasteiger partial charge in [-0.15, -0.1) is 6.58 Å². The lowest BCUT2D eigenvalue weighted by Gasteiger charge is -2.17. The number of hydrogen-bond donors (Lipinski definition) is 0. The molecule has 0 N–H and O–H groups in total. The number of carbonyl (C=O) groups excluding carboxylic acids is 1. The van der Waals surface area contributed by atoms with Crippen LogP contribution in [0.25, 0.3) is 16.9 Å². The largest absolute Gasteiger partial charge is 0.337 e. The molecule has 0 saturated carbocycles. The van der Waals surface area contributed by atoms with E-state index in [2.05, 4.69) is 11.6 Å². The van der Waals surface area contributed by atoms with Crippen molar-refractivity contribution in [2.75, 3.05) is 0 Å². The topological polar surface area (TPSA) is 78.9 Å². The number of aromatic nitrogens is 4. The zero-order valence-electron chi connectivity index (χ0n) is 16.0. The molecule has 3 rings (SSSR count). The number of nitrogens with zero attached hydrogens (tertiary/aromatic N) is 4. The van der Waals surface area contributed by atoms with Crippen LogP contribution in [0, 0.1) is 5.41 Å². The number of allylic oxidation sites excluding steroid dienone is 1. The maximum absolute atomic E-state index is 13.0. The Kier molecular flexibility index (Phi) is 5.12. The van der Waals surface area contributed by atoms with E-state index in [1.54, 1.807) is 24.3 Å². The van der Waals surface area contributed by atoms with Crippen molar-refractivity contribution >= 4 is 28.5 Å². The molecule has 0 bridgehead atoms. The second-order valence-electron chi connectivity index (χ2n) is 7.52.